The van der Waals surface area contributed by atoms with E-state index in [-0.39, 0.29) is 0 Å². The first-order valence-corrected chi connectivity index (χ1v) is 6.92. The molecule has 0 radical (unpaired) electrons. The van der Waals surface area contributed by atoms with E-state index in [2.05, 4.69) is 53.4 Å². The Morgan fingerprint density at radius 3 is 2.78 bits per heavy atom. The summed E-state index contributed by atoms with van der Waals surface area (Å²) in [6.45, 7) is 7.63. The van der Waals surface area contributed by atoms with E-state index in [1.54, 1.807) is 0 Å². The largest absolute Gasteiger partial charge is 0.358 e. The van der Waals surface area contributed by atoms with Gasteiger partial charge in [0, 0.05) is 13.6 Å². The smallest absolute Gasteiger partial charge is 0.150 e. The van der Waals surface area contributed by atoms with Gasteiger partial charge in [0.2, 0.25) is 0 Å². The van der Waals surface area contributed by atoms with Crippen molar-refractivity contribution in [2.24, 2.45) is 5.92 Å². The van der Waals surface area contributed by atoms with Crippen molar-refractivity contribution in [1.82, 2.24) is 15.5 Å². The molecule has 1 fully saturated rings. The van der Waals surface area contributed by atoms with Crippen molar-refractivity contribution in [3.05, 3.63) is 17.8 Å². The van der Waals surface area contributed by atoms with Gasteiger partial charge in [0.1, 0.15) is 0 Å². The Morgan fingerprint density at radius 1 is 1.39 bits per heavy atom. The van der Waals surface area contributed by atoms with Crippen molar-refractivity contribution in [2.45, 2.75) is 32.6 Å². The number of hydrogen-bond donors (Lipinski definition) is 1. The van der Waals surface area contributed by atoms with Crippen LogP contribution in [-0.4, -0.2) is 36.9 Å². The molecule has 1 unspecified atom stereocenters. The minimum atomic E-state index is 0.444. The molecule has 4 heteroatoms. The van der Waals surface area contributed by atoms with Crippen LogP contribution in [-0.2, 0) is 0 Å². The van der Waals surface area contributed by atoms with E-state index in [0.717, 1.165) is 30.5 Å². The Morgan fingerprint density at radius 2 is 2.22 bits per heavy atom. The topological polar surface area (TPSA) is 41.0 Å². The zero-order valence-electron chi connectivity index (χ0n) is 11.7. The highest BCUT2D eigenvalue weighted by molar-refractivity contribution is 5.36. The van der Waals surface area contributed by atoms with E-state index in [4.69, 9.17) is 0 Å². The maximum Gasteiger partial charge on any atom is 0.150 e. The molecule has 100 valence electrons. The Bertz CT molecular complexity index is 355. The molecule has 1 N–H and O–H groups in total. The summed E-state index contributed by atoms with van der Waals surface area (Å²) in [5, 5.41) is 12.1. The van der Waals surface area contributed by atoms with Gasteiger partial charge in [0.15, 0.2) is 5.82 Å². The maximum atomic E-state index is 4.32. The molecule has 4 nitrogen and oxygen atoms in total. The predicted octanol–water partition coefficient (Wildman–Crippen LogP) is 2.04. The third-order valence-corrected chi connectivity index (χ3v) is 3.58. The maximum absolute atomic E-state index is 4.32. The summed E-state index contributed by atoms with van der Waals surface area (Å²) in [4.78, 5) is 2.22. The summed E-state index contributed by atoms with van der Waals surface area (Å²) < 4.78 is 0. The van der Waals surface area contributed by atoms with Crippen LogP contribution in [0.3, 0.4) is 0 Å². The highest BCUT2D eigenvalue weighted by Crippen LogP contribution is 2.17. The van der Waals surface area contributed by atoms with Crippen molar-refractivity contribution in [3.8, 4) is 0 Å². The molecule has 2 heterocycles. The van der Waals surface area contributed by atoms with Crippen LogP contribution in [0, 0.1) is 5.92 Å². The number of rotatable bonds is 4. The van der Waals surface area contributed by atoms with Crippen LogP contribution < -0.4 is 10.2 Å². The number of piperidine rings is 1. The number of nitrogens with one attached hydrogen (secondary N) is 1. The molecule has 0 spiro atoms. The molecule has 0 amide bonds. The van der Waals surface area contributed by atoms with Gasteiger partial charge in [-0.1, -0.05) is 13.8 Å². The lowest BCUT2D eigenvalue weighted by atomic mass is 9.99. The fourth-order valence-corrected chi connectivity index (χ4v) is 2.41. The first-order chi connectivity index (χ1) is 8.66. The average molecular weight is 248 g/mol. The third kappa shape index (κ3) is 3.42. The van der Waals surface area contributed by atoms with E-state index >= 15 is 0 Å². The molecular weight excluding hydrogens is 224 g/mol. The molecule has 1 aromatic heterocycles. The van der Waals surface area contributed by atoms with Crippen molar-refractivity contribution in [2.75, 3.05) is 31.6 Å². The summed E-state index contributed by atoms with van der Waals surface area (Å²) >= 11 is 0. The third-order valence-electron chi connectivity index (χ3n) is 3.58. The van der Waals surface area contributed by atoms with Crippen LogP contribution in [0.2, 0.25) is 0 Å². The molecule has 0 bridgehead atoms. The van der Waals surface area contributed by atoms with Gasteiger partial charge in [-0.15, -0.1) is 5.10 Å². The van der Waals surface area contributed by atoms with Gasteiger partial charge >= 0.3 is 0 Å². The van der Waals surface area contributed by atoms with E-state index in [1.165, 1.54) is 19.4 Å². The second-order valence-corrected chi connectivity index (χ2v) is 5.56. The molecule has 18 heavy (non-hydrogen) atoms. The average Bonchev–Trinajstić information content (AvgIpc) is 2.40. The lowest BCUT2D eigenvalue weighted by molar-refractivity contribution is 0.380. The van der Waals surface area contributed by atoms with E-state index in [0.29, 0.717) is 5.92 Å². The molecule has 0 aliphatic carbocycles. The molecule has 0 aromatic carbocycles. The fourth-order valence-electron chi connectivity index (χ4n) is 2.41. The van der Waals surface area contributed by atoms with Gasteiger partial charge in [0.05, 0.1) is 5.69 Å². The van der Waals surface area contributed by atoms with Gasteiger partial charge in [-0.25, -0.2) is 0 Å². The number of nitrogens with zero attached hydrogens (tertiary/aromatic N) is 3. The van der Waals surface area contributed by atoms with Crippen molar-refractivity contribution in [3.63, 3.8) is 0 Å². The van der Waals surface area contributed by atoms with Crippen molar-refractivity contribution < 1.29 is 0 Å². The minimum Gasteiger partial charge on any atom is -0.358 e. The van der Waals surface area contributed by atoms with Crippen molar-refractivity contribution in [1.29, 1.82) is 0 Å². The molecule has 0 saturated carbocycles. The van der Waals surface area contributed by atoms with Crippen LogP contribution in [0.4, 0.5) is 5.82 Å². The fraction of sp³-hybridized carbons (Fsp3) is 0.714. The summed E-state index contributed by atoms with van der Waals surface area (Å²) in [6.07, 6.45) is 2.60. The molecule has 1 aromatic rings. The molecule has 1 saturated heterocycles. The molecule has 1 aliphatic heterocycles. The van der Waals surface area contributed by atoms with E-state index in [1.807, 2.05) is 0 Å². The number of anilines is 1. The van der Waals surface area contributed by atoms with Crippen LogP contribution in [0.5, 0.6) is 0 Å². The van der Waals surface area contributed by atoms with Crippen LogP contribution in [0.25, 0.3) is 0 Å². The second kappa shape index (κ2) is 6.14. The first-order valence-electron chi connectivity index (χ1n) is 6.92. The van der Waals surface area contributed by atoms with Crippen LogP contribution in [0.15, 0.2) is 12.1 Å². The quantitative estimate of drug-likeness (QED) is 0.885. The summed E-state index contributed by atoms with van der Waals surface area (Å²) in [5.74, 6) is 2.15. The Balaban J connectivity index is 1.93. The zero-order chi connectivity index (χ0) is 13.0. The van der Waals surface area contributed by atoms with Gasteiger partial charge in [-0.05, 0) is 49.9 Å². The highest BCUT2D eigenvalue weighted by atomic mass is 15.2. The normalized spacial score (nSPS) is 20.1. The first kappa shape index (κ1) is 13.3. The zero-order valence-corrected chi connectivity index (χ0v) is 11.7. The SMILES string of the molecule is CC(C)c1ccc(N(C)CC2CCCNC2)nn1. The van der Waals surface area contributed by atoms with Crippen molar-refractivity contribution >= 4 is 5.82 Å². The molecule has 1 atom stereocenters. The molecule has 1 aliphatic rings. The number of aromatic nitrogens is 2. The van der Waals surface area contributed by atoms with Gasteiger partial charge in [-0.3, -0.25) is 0 Å². The Labute approximate surface area is 110 Å². The van der Waals surface area contributed by atoms with E-state index in [9.17, 15) is 0 Å². The lowest BCUT2D eigenvalue weighted by Crippen LogP contribution is -2.37. The van der Waals surface area contributed by atoms with Gasteiger partial charge < -0.3 is 10.2 Å². The van der Waals surface area contributed by atoms with Crippen LogP contribution in [0.1, 0.15) is 38.3 Å². The number of hydrogen-bond acceptors (Lipinski definition) is 4. The molecular formula is C14H24N4. The summed E-state index contributed by atoms with van der Waals surface area (Å²) in [6, 6.07) is 4.17. The summed E-state index contributed by atoms with van der Waals surface area (Å²) in [7, 11) is 2.10. The molecule has 2 rings (SSSR count). The standard InChI is InChI=1S/C14H24N4/c1-11(2)13-6-7-14(17-16-13)18(3)10-12-5-4-8-15-9-12/h6-7,11-12,15H,4-5,8-10H2,1-3H3. The summed E-state index contributed by atoms with van der Waals surface area (Å²) in [5.41, 5.74) is 1.06. The highest BCUT2D eigenvalue weighted by Gasteiger charge is 2.16. The monoisotopic (exact) mass is 248 g/mol. The lowest BCUT2D eigenvalue weighted by Gasteiger charge is -2.28. The minimum absolute atomic E-state index is 0.444. The van der Waals surface area contributed by atoms with Gasteiger partial charge in [-0.2, -0.15) is 5.10 Å². The predicted molar refractivity (Wildman–Crippen MR) is 75.0 cm³/mol. The van der Waals surface area contributed by atoms with Gasteiger partial charge in [0.25, 0.3) is 0 Å². The second-order valence-electron chi connectivity index (χ2n) is 5.56. The van der Waals surface area contributed by atoms with Crippen LogP contribution >= 0.6 is 0 Å². The Kier molecular flexibility index (Phi) is 4.53. The Hall–Kier alpha value is -1.16. The van der Waals surface area contributed by atoms with E-state index < -0.39 is 0 Å².